The molecule has 1 aliphatic rings. The van der Waals surface area contributed by atoms with Gasteiger partial charge < -0.3 is 15.2 Å². The van der Waals surface area contributed by atoms with E-state index in [2.05, 4.69) is 29.6 Å². The van der Waals surface area contributed by atoms with E-state index >= 15 is 0 Å². The molecule has 1 fully saturated rings. The molecule has 2 N–H and O–H groups in total. The lowest BCUT2D eigenvalue weighted by Gasteiger charge is -2.38. The highest BCUT2D eigenvalue weighted by Crippen LogP contribution is 2.32. The summed E-state index contributed by atoms with van der Waals surface area (Å²) in [5, 5.41) is 12.9. The van der Waals surface area contributed by atoms with Gasteiger partial charge in [0.25, 0.3) is 0 Å². The molecule has 0 amide bonds. The third kappa shape index (κ3) is 2.69. The Labute approximate surface area is 119 Å². The van der Waals surface area contributed by atoms with Gasteiger partial charge in [-0.05, 0) is 23.3 Å². The van der Waals surface area contributed by atoms with E-state index in [1.807, 2.05) is 18.2 Å². The SMILES string of the molecule is Oc1ccc([C@@]2(Cc3ccccc3)CNCCO2)cc1. The molecule has 20 heavy (non-hydrogen) atoms. The molecule has 0 saturated carbocycles. The van der Waals surface area contributed by atoms with E-state index < -0.39 is 0 Å². The van der Waals surface area contributed by atoms with Crippen molar-refractivity contribution in [3.05, 3.63) is 65.7 Å². The van der Waals surface area contributed by atoms with Crippen molar-refractivity contribution in [2.24, 2.45) is 0 Å². The quantitative estimate of drug-likeness (QED) is 0.899. The van der Waals surface area contributed by atoms with Gasteiger partial charge in [-0.1, -0.05) is 42.5 Å². The molecule has 3 rings (SSSR count). The van der Waals surface area contributed by atoms with Crippen LogP contribution in [0.4, 0.5) is 0 Å². The minimum atomic E-state index is -0.354. The summed E-state index contributed by atoms with van der Waals surface area (Å²) in [6, 6.07) is 17.7. The first kappa shape index (κ1) is 13.2. The average Bonchev–Trinajstić information content (AvgIpc) is 2.50. The summed E-state index contributed by atoms with van der Waals surface area (Å²) >= 11 is 0. The highest BCUT2D eigenvalue weighted by atomic mass is 16.5. The molecular formula is C17H19NO2. The number of morpholine rings is 1. The molecule has 2 aromatic rings. The van der Waals surface area contributed by atoms with Crippen molar-refractivity contribution in [2.75, 3.05) is 19.7 Å². The number of rotatable bonds is 3. The average molecular weight is 269 g/mol. The Morgan fingerprint density at radius 3 is 2.45 bits per heavy atom. The summed E-state index contributed by atoms with van der Waals surface area (Å²) in [5.74, 6) is 0.285. The lowest BCUT2D eigenvalue weighted by molar-refractivity contribution is -0.0709. The van der Waals surface area contributed by atoms with Crippen molar-refractivity contribution in [1.82, 2.24) is 5.32 Å². The van der Waals surface area contributed by atoms with Crippen LogP contribution in [0.25, 0.3) is 0 Å². The highest BCUT2D eigenvalue weighted by molar-refractivity contribution is 5.33. The van der Waals surface area contributed by atoms with Crippen LogP contribution in [0.15, 0.2) is 54.6 Å². The zero-order valence-electron chi connectivity index (χ0n) is 11.4. The third-order valence-corrected chi connectivity index (χ3v) is 3.79. The maximum atomic E-state index is 9.47. The molecule has 1 heterocycles. The van der Waals surface area contributed by atoms with E-state index in [0.717, 1.165) is 25.1 Å². The number of aromatic hydroxyl groups is 1. The molecule has 3 heteroatoms. The second kappa shape index (κ2) is 5.65. The molecule has 104 valence electrons. The number of nitrogens with one attached hydrogen (secondary N) is 1. The molecule has 0 aromatic heterocycles. The number of phenolic OH excluding ortho intramolecular Hbond substituents is 1. The van der Waals surface area contributed by atoms with Crippen LogP contribution in [-0.4, -0.2) is 24.8 Å². The molecule has 1 saturated heterocycles. The summed E-state index contributed by atoms with van der Waals surface area (Å²) in [6.07, 6.45) is 0.825. The minimum Gasteiger partial charge on any atom is -0.508 e. The normalized spacial score (nSPS) is 22.6. The Hall–Kier alpha value is -1.84. The number of hydrogen-bond acceptors (Lipinski definition) is 3. The van der Waals surface area contributed by atoms with Crippen LogP contribution in [0.5, 0.6) is 5.75 Å². The number of benzene rings is 2. The first-order valence-corrected chi connectivity index (χ1v) is 6.97. The van der Waals surface area contributed by atoms with Gasteiger partial charge >= 0.3 is 0 Å². The van der Waals surface area contributed by atoms with Crippen LogP contribution in [0.3, 0.4) is 0 Å². The van der Waals surface area contributed by atoms with Crippen LogP contribution in [0.2, 0.25) is 0 Å². The van der Waals surface area contributed by atoms with E-state index in [9.17, 15) is 5.11 Å². The Bertz CT molecular complexity index is 545. The van der Waals surface area contributed by atoms with Crippen molar-refractivity contribution in [2.45, 2.75) is 12.0 Å². The molecule has 0 unspecified atom stereocenters. The van der Waals surface area contributed by atoms with Gasteiger partial charge in [-0.3, -0.25) is 0 Å². The summed E-state index contributed by atoms with van der Waals surface area (Å²) in [5.41, 5.74) is 2.00. The summed E-state index contributed by atoms with van der Waals surface area (Å²) < 4.78 is 6.15. The molecule has 0 aliphatic carbocycles. The van der Waals surface area contributed by atoms with E-state index in [-0.39, 0.29) is 11.4 Å². The Kier molecular flexibility index (Phi) is 3.72. The van der Waals surface area contributed by atoms with Crippen LogP contribution < -0.4 is 5.32 Å². The van der Waals surface area contributed by atoms with Gasteiger partial charge in [0.15, 0.2) is 0 Å². The fourth-order valence-corrected chi connectivity index (χ4v) is 2.75. The molecule has 0 spiro atoms. The van der Waals surface area contributed by atoms with Gasteiger partial charge in [0.05, 0.1) is 6.61 Å². The van der Waals surface area contributed by atoms with E-state index in [4.69, 9.17) is 4.74 Å². The molecule has 1 atom stereocenters. The lowest BCUT2D eigenvalue weighted by atomic mass is 9.86. The van der Waals surface area contributed by atoms with Gasteiger partial charge in [0.2, 0.25) is 0 Å². The van der Waals surface area contributed by atoms with Gasteiger partial charge in [-0.15, -0.1) is 0 Å². The predicted molar refractivity (Wildman–Crippen MR) is 78.8 cm³/mol. The Morgan fingerprint density at radius 1 is 1.05 bits per heavy atom. The second-order valence-electron chi connectivity index (χ2n) is 5.23. The van der Waals surface area contributed by atoms with Crippen LogP contribution in [0.1, 0.15) is 11.1 Å². The van der Waals surface area contributed by atoms with Gasteiger partial charge in [-0.25, -0.2) is 0 Å². The zero-order chi connectivity index (χ0) is 13.8. The second-order valence-corrected chi connectivity index (χ2v) is 5.23. The Balaban J connectivity index is 1.94. The number of ether oxygens (including phenoxy) is 1. The maximum absolute atomic E-state index is 9.47. The maximum Gasteiger partial charge on any atom is 0.115 e. The smallest absolute Gasteiger partial charge is 0.115 e. The standard InChI is InChI=1S/C17H19NO2/c19-16-8-6-15(7-9-16)17(13-18-10-11-20-17)12-14-4-2-1-3-5-14/h1-9,18-19H,10-13H2/t17-/m1/s1. The third-order valence-electron chi connectivity index (χ3n) is 3.79. The molecule has 0 bridgehead atoms. The van der Waals surface area contributed by atoms with E-state index in [1.165, 1.54) is 5.56 Å². The lowest BCUT2D eigenvalue weighted by Crippen LogP contribution is -2.48. The van der Waals surface area contributed by atoms with Gasteiger partial charge in [-0.2, -0.15) is 0 Å². The molecule has 0 radical (unpaired) electrons. The minimum absolute atomic E-state index is 0.285. The van der Waals surface area contributed by atoms with E-state index in [1.54, 1.807) is 12.1 Å². The zero-order valence-corrected chi connectivity index (χ0v) is 11.4. The van der Waals surface area contributed by atoms with Gasteiger partial charge in [0, 0.05) is 19.5 Å². The highest BCUT2D eigenvalue weighted by Gasteiger charge is 2.35. The number of hydrogen-bond donors (Lipinski definition) is 2. The fraction of sp³-hybridized carbons (Fsp3) is 0.294. The van der Waals surface area contributed by atoms with Crippen LogP contribution in [-0.2, 0) is 16.8 Å². The van der Waals surface area contributed by atoms with Gasteiger partial charge in [0.1, 0.15) is 11.4 Å². The van der Waals surface area contributed by atoms with Crippen molar-refractivity contribution in [3.63, 3.8) is 0 Å². The van der Waals surface area contributed by atoms with Crippen molar-refractivity contribution >= 4 is 0 Å². The van der Waals surface area contributed by atoms with Crippen molar-refractivity contribution < 1.29 is 9.84 Å². The summed E-state index contributed by atoms with van der Waals surface area (Å²) in [6.45, 7) is 2.37. The molecule has 2 aromatic carbocycles. The fourth-order valence-electron chi connectivity index (χ4n) is 2.75. The molecule has 3 nitrogen and oxygen atoms in total. The monoisotopic (exact) mass is 269 g/mol. The Morgan fingerprint density at radius 2 is 1.80 bits per heavy atom. The molecule has 1 aliphatic heterocycles. The largest absolute Gasteiger partial charge is 0.508 e. The van der Waals surface area contributed by atoms with E-state index in [0.29, 0.717) is 6.61 Å². The van der Waals surface area contributed by atoms with Crippen molar-refractivity contribution in [1.29, 1.82) is 0 Å². The van der Waals surface area contributed by atoms with Crippen LogP contribution >= 0.6 is 0 Å². The molecular weight excluding hydrogens is 250 g/mol. The summed E-state index contributed by atoms with van der Waals surface area (Å²) in [4.78, 5) is 0. The first-order valence-electron chi connectivity index (χ1n) is 6.97. The predicted octanol–water partition coefficient (Wildman–Crippen LogP) is 2.45. The first-order chi connectivity index (χ1) is 9.78. The summed E-state index contributed by atoms with van der Waals surface area (Å²) in [7, 11) is 0. The topological polar surface area (TPSA) is 41.5 Å². The van der Waals surface area contributed by atoms with Crippen LogP contribution in [0, 0.1) is 0 Å². The van der Waals surface area contributed by atoms with Crippen molar-refractivity contribution in [3.8, 4) is 5.75 Å². The number of phenols is 1.